The van der Waals surface area contributed by atoms with Gasteiger partial charge in [0.25, 0.3) is 0 Å². The van der Waals surface area contributed by atoms with Crippen LogP contribution in [0.2, 0.25) is 0 Å². The minimum Gasteiger partial charge on any atom is -0.479 e. The molecule has 0 aromatic carbocycles. The zero-order chi connectivity index (χ0) is 13.8. The molecular formula is C12H16N2O4S. The Hall–Kier alpha value is -1.47. The van der Waals surface area contributed by atoms with E-state index in [4.69, 9.17) is 9.84 Å². The first-order valence-electron chi connectivity index (χ1n) is 6.13. The van der Waals surface area contributed by atoms with E-state index in [2.05, 4.69) is 10.3 Å². The SMILES string of the molecule is CC(CNC(=O)[C@@H]1CC[C@H](C(=O)O)O1)c1nccs1. The van der Waals surface area contributed by atoms with Gasteiger partial charge in [-0.3, -0.25) is 4.79 Å². The molecule has 7 heteroatoms. The number of aromatic nitrogens is 1. The van der Waals surface area contributed by atoms with Gasteiger partial charge in [-0.1, -0.05) is 6.92 Å². The van der Waals surface area contributed by atoms with Crippen molar-refractivity contribution >= 4 is 23.2 Å². The van der Waals surface area contributed by atoms with Gasteiger partial charge in [0.2, 0.25) is 5.91 Å². The number of amides is 1. The number of aliphatic carboxylic acids is 1. The fraction of sp³-hybridized carbons (Fsp3) is 0.583. The summed E-state index contributed by atoms with van der Waals surface area (Å²) in [5.41, 5.74) is 0. The van der Waals surface area contributed by atoms with Gasteiger partial charge in [0.05, 0.1) is 5.01 Å². The molecule has 104 valence electrons. The molecule has 0 radical (unpaired) electrons. The lowest BCUT2D eigenvalue weighted by Gasteiger charge is -2.14. The van der Waals surface area contributed by atoms with Gasteiger partial charge in [-0.15, -0.1) is 11.3 Å². The van der Waals surface area contributed by atoms with Crippen LogP contribution in [0.4, 0.5) is 0 Å². The number of thiazole rings is 1. The highest BCUT2D eigenvalue weighted by Gasteiger charge is 2.34. The van der Waals surface area contributed by atoms with Crippen molar-refractivity contribution < 1.29 is 19.4 Å². The largest absolute Gasteiger partial charge is 0.479 e. The van der Waals surface area contributed by atoms with Crippen molar-refractivity contribution in [2.45, 2.75) is 37.9 Å². The number of nitrogens with one attached hydrogen (secondary N) is 1. The van der Waals surface area contributed by atoms with Crippen molar-refractivity contribution in [3.63, 3.8) is 0 Å². The number of hydrogen-bond acceptors (Lipinski definition) is 5. The van der Waals surface area contributed by atoms with Crippen molar-refractivity contribution in [3.05, 3.63) is 16.6 Å². The second kappa shape index (κ2) is 6.12. The van der Waals surface area contributed by atoms with Crippen molar-refractivity contribution in [1.82, 2.24) is 10.3 Å². The summed E-state index contributed by atoms with van der Waals surface area (Å²) in [4.78, 5) is 26.8. The first-order valence-corrected chi connectivity index (χ1v) is 7.01. The molecule has 1 aliphatic rings. The lowest BCUT2D eigenvalue weighted by atomic mass is 10.1. The summed E-state index contributed by atoms with van der Waals surface area (Å²) in [6.07, 6.45) is 1.07. The van der Waals surface area contributed by atoms with Crippen LogP contribution in [-0.2, 0) is 14.3 Å². The van der Waals surface area contributed by atoms with Gasteiger partial charge >= 0.3 is 5.97 Å². The molecule has 1 aromatic rings. The standard InChI is InChI=1S/C12H16N2O4S/c1-7(11-13-4-5-19-11)6-14-10(15)8-2-3-9(18-8)12(16)17/h4-5,7-9H,2-3,6H2,1H3,(H,14,15)(H,16,17)/t7?,8-,9+/m0/s1. The average Bonchev–Trinajstić information content (AvgIpc) is 3.05. The fourth-order valence-corrected chi connectivity index (χ4v) is 2.64. The number of carboxylic acids is 1. The Morgan fingerprint density at radius 1 is 1.58 bits per heavy atom. The van der Waals surface area contributed by atoms with Gasteiger partial charge in [0.1, 0.15) is 6.10 Å². The number of carbonyl (C=O) groups is 2. The van der Waals surface area contributed by atoms with E-state index in [1.54, 1.807) is 17.5 Å². The molecule has 0 bridgehead atoms. The van der Waals surface area contributed by atoms with Crippen LogP contribution in [-0.4, -0.2) is 40.7 Å². The Balaban J connectivity index is 1.78. The molecule has 1 saturated heterocycles. The molecule has 6 nitrogen and oxygen atoms in total. The summed E-state index contributed by atoms with van der Waals surface area (Å²) >= 11 is 1.55. The zero-order valence-electron chi connectivity index (χ0n) is 10.5. The van der Waals surface area contributed by atoms with Crippen LogP contribution < -0.4 is 5.32 Å². The number of carbonyl (C=O) groups excluding carboxylic acids is 1. The van der Waals surface area contributed by atoms with Crippen molar-refractivity contribution in [2.24, 2.45) is 0 Å². The lowest BCUT2D eigenvalue weighted by molar-refractivity contribution is -0.151. The highest BCUT2D eigenvalue weighted by molar-refractivity contribution is 7.09. The predicted octanol–water partition coefficient (Wildman–Crippen LogP) is 0.995. The van der Waals surface area contributed by atoms with E-state index in [1.165, 1.54) is 0 Å². The van der Waals surface area contributed by atoms with Gasteiger partial charge < -0.3 is 15.2 Å². The van der Waals surface area contributed by atoms with Gasteiger partial charge in [-0.2, -0.15) is 0 Å². The van der Waals surface area contributed by atoms with Crippen LogP contribution in [0.25, 0.3) is 0 Å². The maximum atomic E-state index is 11.8. The van der Waals surface area contributed by atoms with Crippen LogP contribution in [0.5, 0.6) is 0 Å². The molecule has 0 spiro atoms. The van der Waals surface area contributed by atoms with Gasteiger partial charge in [-0.25, -0.2) is 9.78 Å². The zero-order valence-corrected chi connectivity index (χ0v) is 11.4. The molecule has 1 aliphatic heterocycles. The Bertz CT molecular complexity index is 449. The molecule has 19 heavy (non-hydrogen) atoms. The Labute approximate surface area is 114 Å². The molecule has 1 fully saturated rings. The minimum absolute atomic E-state index is 0.139. The van der Waals surface area contributed by atoms with Gasteiger partial charge in [0.15, 0.2) is 6.10 Å². The molecule has 2 N–H and O–H groups in total. The Morgan fingerprint density at radius 2 is 2.32 bits per heavy atom. The summed E-state index contributed by atoms with van der Waals surface area (Å²) in [6, 6.07) is 0. The molecule has 0 saturated carbocycles. The van der Waals surface area contributed by atoms with Crippen LogP contribution in [0, 0.1) is 0 Å². The number of ether oxygens (including phenoxy) is 1. The highest BCUT2D eigenvalue weighted by Crippen LogP contribution is 2.21. The number of hydrogen-bond donors (Lipinski definition) is 2. The quantitative estimate of drug-likeness (QED) is 0.842. The molecule has 1 unspecified atom stereocenters. The van der Waals surface area contributed by atoms with Gasteiger partial charge in [0, 0.05) is 24.0 Å². The van der Waals surface area contributed by atoms with Crippen molar-refractivity contribution in [2.75, 3.05) is 6.54 Å². The smallest absolute Gasteiger partial charge is 0.332 e. The summed E-state index contributed by atoms with van der Waals surface area (Å²) in [5.74, 6) is -1.11. The average molecular weight is 284 g/mol. The van der Waals surface area contributed by atoms with Gasteiger partial charge in [-0.05, 0) is 12.8 Å². The van der Waals surface area contributed by atoms with E-state index < -0.39 is 18.2 Å². The van der Waals surface area contributed by atoms with E-state index in [1.807, 2.05) is 12.3 Å². The van der Waals surface area contributed by atoms with Crippen LogP contribution in [0.1, 0.15) is 30.7 Å². The van der Waals surface area contributed by atoms with E-state index in [9.17, 15) is 9.59 Å². The Morgan fingerprint density at radius 3 is 2.89 bits per heavy atom. The first-order chi connectivity index (χ1) is 9.08. The summed E-state index contributed by atoms with van der Waals surface area (Å²) < 4.78 is 5.18. The third-order valence-electron chi connectivity index (χ3n) is 3.04. The molecular weight excluding hydrogens is 268 g/mol. The normalized spacial score (nSPS) is 24.1. The first kappa shape index (κ1) is 14.0. The van der Waals surface area contributed by atoms with E-state index in [0.29, 0.717) is 19.4 Å². The van der Waals surface area contributed by atoms with Crippen LogP contribution >= 0.6 is 11.3 Å². The molecule has 3 atom stereocenters. The maximum absolute atomic E-state index is 11.8. The third-order valence-corrected chi connectivity index (χ3v) is 4.05. The second-order valence-electron chi connectivity index (χ2n) is 4.55. The number of rotatable bonds is 5. The van der Waals surface area contributed by atoms with Crippen molar-refractivity contribution in [3.8, 4) is 0 Å². The molecule has 2 rings (SSSR count). The second-order valence-corrected chi connectivity index (χ2v) is 5.47. The molecule has 1 amide bonds. The topological polar surface area (TPSA) is 88.5 Å². The monoisotopic (exact) mass is 284 g/mol. The summed E-state index contributed by atoms with van der Waals surface area (Å²) in [5, 5.41) is 14.4. The summed E-state index contributed by atoms with van der Waals surface area (Å²) in [7, 11) is 0. The predicted molar refractivity (Wildman–Crippen MR) is 69.1 cm³/mol. The number of carboxylic acid groups (broad SMARTS) is 1. The van der Waals surface area contributed by atoms with E-state index in [-0.39, 0.29) is 11.8 Å². The minimum atomic E-state index is -1.01. The number of nitrogens with zero attached hydrogens (tertiary/aromatic N) is 1. The summed E-state index contributed by atoms with van der Waals surface area (Å²) in [6.45, 7) is 2.46. The molecule has 2 heterocycles. The van der Waals surface area contributed by atoms with Crippen molar-refractivity contribution in [1.29, 1.82) is 0 Å². The van der Waals surface area contributed by atoms with E-state index >= 15 is 0 Å². The van der Waals surface area contributed by atoms with Crippen LogP contribution in [0.15, 0.2) is 11.6 Å². The van der Waals surface area contributed by atoms with E-state index in [0.717, 1.165) is 5.01 Å². The van der Waals surface area contributed by atoms with Crippen LogP contribution in [0.3, 0.4) is 0 Å². The lowest BCUT2D eigenvalue weighted by Crippen LogP contribution is -2.37. The highest BCUT2D eigenvalue weighted by atomic mass is 32.1. The third kappa shape index (κ3) is 3.51. The molecule has 0 aliphatic carbocycles. The Kier molecular flexibility index (Phi) is 4.49. The molecule has 1 aromatic heterocycles. The maximum Gasteiger partial charge on any atom is 0.332 e. The fourth-order valence-electron chi connectivity index (χ4n) is 1.94.